The van der Waals surface area contributed by atoms with Crippen molar-refractivity contribution in [3.63, 3.8) is 0 Å². The third-order valence-electron chi connectivity index (χ3n) is 2.76. The van der Waals surface area contributed by atoms with Gasteiger partial charge in [0.1, 0.15) is 5.69 Å². The molecule has 0 bridgehead atoms. The molecule has 0 saturated heterocycles. The molecule has 80 valence electrons. The van der Waals surface area contributed by atoms with E-state index in [1.54, 1.807) is 0 Å². The quantitative estimate of drug-likeness (QED) is 0.653. The van der Waals surface area contributed by atoms with Gasteiger partial charge in [-0.05, 0) is 18.6 Å². The third kappa shape index (κ3) is 1.13. The zero-order chi connectivity index (χ0) is 11.1. The minimum absolute atomic E-state index is 0.559. The summed E-state index contributed by atoms with van der Waals surface area (Å²) in [7, 11) is 0. The number of anilines is 1. The van der Waals surface area contributed by atoms with Crippen molar-refractivity contribution < 1.29 is 4.52 Å². The number of fused-ring (bicyclic) bond motifs is 1. The number of nitrogen functional groups attached to an aromatic ring is 1. The molecule has 0 saturated carbocycles. The van der Waals surface area contributed by atoms with Crippen LogP contribution in [-0.2, 0) is 0 Å². The van der Waals surface area contributed by atoms with E-state index in [4.69, 9.17) is 10.3 Å². The number of hydrogen-bond donors (Lipinski definition) is 2. The minimum Gasteiger partial charge on any atom is -0.394 e. The first-order chi connectivity index (χ1) is 7.77. The van der Waals surface area contributed by atoms with Crippen molar-refractivity contribution in [3.8, 4) is 11.3 Å². The van der Waals surface area contributed by atoms with Crippen molar-refractivity contribution in [3.05, 3.63) is 36.2 Å². The Balaban J connectivity index is 2.37. The Morgan fingerprint density at radius 3 is 3.00 bits per heavy atom. The number of aromatic amines is 1. The van der Waals surface area contributed by atoms with Gasteiger partial charge in [-0.3, -0.25) is 0 Å². The zero-order valence-electron chi connectivity index (χ0n) is 8.82. The highest BCUT2D eigenvalue weighted by Crippen LogP contribution is 2.33. The van der Waals surface area contributed by atoms with Crippen molar-refractivity contribution >= 4 is 16.6 Å². The van der Waals surface area contributed by atoms with Crippen LogP contribution in [0.1, 0.15) is 5.56 Å². The van der Waals surface area contributed by atoms with Crippen LogP contribution < -0.4 is 5.73 Å². The highest BCUT2D eigenvalue weighted by atomic mass is 16.5. The highest BCUT2D eigenvalue weighted by molar-refractivity contribution is 5.98. The number of aromatic nitrogens is 2. The molecule has 0 fully saturated rings. The highest BCUT2D eigenvalue weighted by Gasteiger charge is 2.14. The number of nitrogens with zero attached hydrogens (tertiary/aromatic N) is 1. The molecule has 0 radical (unpaired) electrons. The summed E-state index contributed by atoms with van der Waals surface area (Å²) in [6.45, 7) is 2.06. The normalized spacial score (nSPS) is 11.1. The molecule has 0 spiro atoms. The predicted molar refractivity (Wildman–Crippen MR) is 62.9 cm³/mol. The van der Waals surface area contributed by atoms with Crippen LogP contribution in [0, 0.1) is 6.92 Å². The number of benzene rings is 1. The second kappa shape index (κ2) is 3.13. The summed E-state index contributed by atoms with van der Waals surface area (Å²) in [6, 6.07) is 6.10. The zero-order valence-corrected chi connectivity index (χ0v) is 8.82. The molecule has 1 aromatic carbocycles. The average molecular weight is 213 g/mol. The van der Waals surface area contributed by atoms with Gasteiger partial charge in [-0.2, -0.15) is 0 Å². The largest absolute Gasteiger partial charge is 0.394 e. The first-order valence-electron chi connectivity index (χ1n) is 5.04. The van der Waals surface area contributed by atoms with E-state index in [-0.39, 0.29) is 0 Å². The summed E-state index contributed by atoms with van der Waals surface area (Å²) in [4.78, 5) is 3.20. The molecule has 0 atom stereocenters. The van der Waals surface area contributed by atoms with Gasteiger partial charge in [-0.25, -0.2) is 0 Å². The van der Waals surface area contributed by atoms with Crippen LogP contribution in [0.4, 0.5) is 5.69 Å². The van der Waals surface area contributed by atoms with Gasteiger partial charge < -0.3 is 15.2 Å². The van der Waals surface area contributed by atoms with Crippen LogP contribution in [0.3, 0.4) is 0 Å². The number of H-pyrrole nitrogens is 1. The Hall–Kier alpha value is -2.23. The summed E-state index contributed by atoms with van der Waals surface area (Å²) in [5.74, 6) is 0.626. The molecule has 2 heterocycles. The standard InChI is InChI=1S/C12H11N3O/c1-7-3-2-4-10-11(7)8(5-14-10)12-9(13)6-15-16-12/h2-6,14H,13H2,1H3. The molecular weight excluding hydrogens is 202 g/mol. The molecule has 4 nitrogen and oxygen atoms in total. The van der Waals surface area contributed by atoms with E-state index in [2.05, 4.69) is 23.1 Å². The van der Waals surface area contributed by atoms with Gasteiger partial charge in [0.25, 0.3) is 0 Å². The first kappa shape index (κ1) is 9.03. The first-order valence-corrected chi connectivity index (χ1v) is 5.04. The maximum absolute atomic E-state index is 5.80. The van der Waals surface area contributed by atoms with Crippen LogP contribution in [-0.4, -0.2) is 10.1 Å². The Morgan fingerprint density at radius 1 is 1.38 bits per heavy atom. The van der Waals surface area contributed by atoms with E-state index in [1.165, 1.54) is 11.8 Å². The molecule has 0 amide bonds. The van der Waals surface area contributed by atoms with Crippen molar-refractivity contribution in [1.82, 2.24) is 10.1 Å². The lowest BCUT2D eigenvalue weighted by Crippen LogP contribution is -1.84. The van der Waals surface area contributed by atoms with Crippen LogP contribution in [0.15, 0.2) is 35.1 Å². The fraction of sp³-hybridized carbons (Fsp3) is 0.0833. The number of aryl methyl sites for hydroxylation is 1. The van der Waals surface area contributed by atoms with E-state index in [0.29, 0.717) is 11.4 Å². The van der Waals surface area contributed by atoms with Gasteiger partial charge in [0.2, 0.25) is 0 Å². The molecule has 2 aromatic heterocycles. The van der Waals surface area contributed by atoms with E-state index in [1.807, 2.05) is 18.3 Å². The Labute approximate surface area is 92.0 Å². The monoisotopic (exact) mass is 213 g/mol. The van der Waals surface area contributed by atoms with Crippen LogP contribution in [0.2, 0.25) is 0 Å². The van der Waals surface area contributed by atoms with Gasteiger partial charge in [0.15, 0.2) is 5.76 Å². The summed E-state index contributed by atoms with van der Waals surface area (Å²) in [6.07, 6.45) is 3.42. The van der Waals surface area contributed by atoms with E-state index >= 15 is 0 Å². The minimum atomic E-state index is 0.559. The van der Waals surface area contributed by atoms with E-state index in [0.717, 1.165) is 16.5 Å². The molecule has 3 aromatic rings. The van der Waals surface area contributed by atoms with Crippen molar-refractivity contribution in [2.75, 3.05) is 5.73 Å². The van der Waals surface area contributed by atoms with Crippen LogP contribution >= 0.6 is 0 Å². The Morgan fingerprint density at radius 2 is 2.25 bits per heavy atom. The summed E-state index contributed by atoms with van der Waals surface area (Å²) in [5, 5.41) is 4.83. The Bertz CT molecular complexity index is 651. The van der Waals surface area contributed by atoms with Crippen molar-refractivity contribution in [2.24, 2.45) is 0 Å². The van der Waals surface area contributed by atoms with E-state index in [9.17, 15) is 0 Å². The summed E-state index contributed by atoms with van der Waals surface area (Å²) >= 11 is 0. The number of nitrogens with one attached hydrogen (secondary N) is 1. The molecule has 0 aliphatic heterocycles. The number of nitrogens with two attached hydrogens (primary N) is 1. The maximum atomic E-state index is 5.80. The molecule has 0 aliphatic carbocycles. The predicted octanol–water partition coefficient (Wildman–Crippen LogP) is 2.71. The number of rotatable bonds is 1. The van der Waals surface area contributed by atoms with Crippen LogP contribution in [0.25, 0.3) is 22.2 Å². The molecule has 0 unspecified atom stereocenters. The summed E-state index contributed by atoms with van der Waals surface area (Å²) in [5.41, 5.74) is 9.58. The number of hydrogen-bond acceptors (Lipinski definition) is 3. The maximum Gasteiger partial charge on any atom is 0.191 e. The molecule has 0 aliphatic rings. The lowest BCUT2D eigenvalue weighted by atomic mass is 10.1. The lowest BCUT2D eigenvalue weighted by molar-refractivity contribution is 0.433. The van der Waals surface area contributed by atoms with Gasteiger partial charge in [-0.1, -0.05) is 17.3 Å². The molecule has 4 heteroatoms. The molecule has 16 heavy (non-hydrogen) atoms. The topological polar surface area (TPSA) is 67.8 Å². The molecule has 3 rings (SSSR count). The smallest absolute Gasteiger partial charge is 0.191 e. The van der Waals surface area contributed by atoms with Crippen LogP contribution in [0.5, 0.6) is 0 Å². The Kier molecular flexibility index (Phi) is 1.77. The fourth-order valence-corrected chi connectivity index (χ4v) is 2.00. The second-order valence-corrected chi connectivity index (χ2v) is 3.81. The van der Waals surface area contributed by atoms with Crippen molar-refractivity contribution in [2.45, 2.75) is 6.92 Å². The lowest BCUT2D eigenvalue weighted by Gasteiger charge is -1.99. The van der Waals surface area contributed by atoms with Crippen molar-refractivity contribution in [1.29, 1.82) is 0 Å². The SMILES string of the molecule is Cc1cccc2[nH]cc(-c3oncc3N)c12. The third-order valence-corrected chi connectivity index (χ3v) is 2.76. The fourth-order valence-electron chi connectivity index (χ4n) is 2.00. The van der Waals surface area contributed by atoms with Gasteiger partial charge in [-0.15, -0.1) is 0 Å². The summed E-state index contributed by atoms with van der Waals surface area (Å²) < 4.78 is 5.18. The second-order valence-electron chi connectivity index (χ2n) is 3.81. The van der Waals surface area contributed by atoms with Gasteiger partial charge >= 0.3 is 0 Å². The molecule has 3 N–H and O–H groups in total. The van der Waals surface area contributed by atoms with Gasteiger partial charge in [0.05, 0.1) is 6.20 Å². The van der Waals surface area contributed by atoms with E-state index < -0.39 is 0 Å². The average Bonchev–Trinajstić information content (AvgIpc) is 2.84. The molecular formula is C12H11N3O. The van der Waals surface area contributed by atoms with Gasteiger partial charge in [0, 0.05) is 22.7 Å².